The lowest BCUT2D eigenvalue weighted by molar-refractivity contribution is 0.0903. The minimum absolute atomic E-state index is 0.0216. The lowest BCUT2D eigenvalue weighted by Crippen LogP contribution is -2.48. The van der Waals surface area contributed by atoms with Gasteiger partial charge >= 0.3 is 0 Å². The maximum atomic E-state index is 12.8. The summed E-state index contributed by atoms with van der Waals surface area (Å²) in [5.41, 5.74) is 0. The van der Waals surface area contributed by atoms with Gasteiger partial charge in [0.1, 0.15) is 10.7 Å². The van der Waals surface area contributed by atoms with E-state index in [4.69, 9.17) is 4.42 Å². The second-order valence-corrected chi connectivity index (χ2v) is 9.36. The van der Waals surface area contributed by atoms with Crippen LogP contribution in [-0.4, -0.2) is 60.8 Å². The van der Waals surface area contributed by atoms with Crippen LogP contribution in [0.5, 0.6) is 0 Å². The number of hydrogen-bond donors (Lipinski definition) is 1. The standard InChI is InChI=1S/C19H25N5O4S/c1-14-17(29(26,27)24-10-2-3-11-24)12-16(28-14)18(25)22-15-6-4-9-23(13-15)19-20-7-5-8-21-19/h5,7-8,12,15H,2-4,6,9-11,13H2,1H3,(H,22,25). The van der Waals surface area contributed by atoms with E-state index in [9.17, 15) is 13.2 Å². The van der Waals surface area contributed by atoms with Crippen molar-refractivity contribution >= 4 is 21.9 Å². The third kappa shape index (κ3) is 4.13. The number of sulfonamides is 1. The SMILES string of the molecule is Cc1oc(C(=O)NC2CCCN(c3ncccn3)C2)cc1S(=O)(=O)N1CCCC1. The van der Waals surface area contributed by atoms with Gasteiger partial charge in [-0.1, -0.05) is 0 Å². The smallest absolute Gasteiger partial charge is 0.287 e. The summed E-state index contributed by atoms with van der Waals surface area (Å²) in [4.78, 5) is 23.3. The van der Waals surface area contributed by atoms with Crippen molar-refractivity contribution in [2.24, 2.45) is 0 Å². The van der Waals surface area contributed by atoms with Gasteiger partial charge in [-0.15, -0.1) is 0 Å². The van der Waals surface area contributed by atoms with Crippen molar-refractivity contribution < 1.29 is 17.6 Å². The number of nitrogens with zero attached hydrogens (tertiary/aromatic N) is 4. The summed E-state index contributed by atoms with van der Waals surface area (Å²) in [6.45, 7) is 4.01. The Morgan fingerprint density at radius 2 is 1.90 bits per heavy atom. The Kier molecular flexibility index (Phi) is 5.55. The van der Waals surface area contributed by atoms with E-state index in [2.05, 4.69) is 15.3 Å². The zero-order chi connectivity index (χ0) is 20.4. The molecule has 1 amide bonds. The van der Waals surface area contributed by atoms with Crippen molar-refractivity contribution in [3.63, 3.8) is 0 Å². The highest BCUT2D eigenvalue weighted by Gasteiger charge is 2.32. The molecule has 1 N–H and O–H groups in total. The van der Waals surface area contributed by atoms with Crippen molar-refractivity contribution in [1.29, 1.82) is 0 Å². The topological polar surface area (TPSA) is 109 Å². The predicted octanol–water partition coefficient (Wildman–Crippen LogP) is 1.56. The van der Waals surface area contributed by atoms with E-state index in [1.165, 1.54) is 10.4 Å². The van der Waals surface area contributed by atoms with E-state index in [0.717, 1.165) is 32.2 Å². The Labute approximate surface area is 170 Å². The zero-order valence-corrected chi connectivity index (χ0v) is 17.2. The molecule has 0 saturated carbocycles. The lowest BCUT2D eigenvalue weighted by Gasteiger charge is -2.32. The molecule has 2 aliphatic rings. The Morgan fingerprint density at radius 1 is 1.17 bits per heavy atom. The van der Waals surface area contributed by atoms with E-state index in [0.29, 0.717) is 25.6 Å². The van der Waals surface area contributed by atoms with Crippen molar-refractivity contribution in [2.75, 3.05) is 31.1 Å². The number of carbonyl (C=O) groups excluding carboxylic acids is 1. The molecule has 2 aliphatic heterocycles. The number of nitrogens with one attached hydrogen (secondary N) is 1. The van der Waals surface area contributed by atoms with Crippen molar-refractivity contribution in [1.82, 2.24) is 19.6 Å². The van der Waals surface area contributed by atoms with Crippen LogP contribution in [0.1, 0.15) is 42.0 Å². The quantitative estimate of drug-likeness (QED) is 0.783. The number of aromatic nitrogens is 2. The normalized spacial score (nSPS) is 20.7. The minimum Gasteiger partial charge on any atom is -0.455 e. The second kappa shape index (κ2) is 8.11. The fourth-order valence-electron chi connectivity index (χ4n) is 3.89. The van der Waals surface area contributed by atoms with Gasteiger partial charge < -0.3 is 14.6 Å². The first-order chi connectivity index (χ1) is 13.9. The molecule has 0 aliphatic carbocycles. The molecule has 10 heteroatoms. The van der Waals surface area contributed by atoms with Crippen LogP contribution < -0.4 is 10.2 Å². The van der Waals surface area contributed by atoms with Crippen molar-refractivity contribution in [3.8, 4) is 0 Å². The molecule has 1 unspecified atom stereocenters. The fourth-order valence-corrected chi connectivity index (χ4v) is 5.57. The number of rotatable bonds is 5. The maximum Gasteiger partial charge on any atom is 0.287 e. The van der Waals surface area contributed by atoms with Crippen LogP contribution in [-0.2, 0) is 10.0 Å². The van der Waals surface area contributed by atoms with Crippen LogP contribution >= 0.6 is 0 Å². The predicted molar refractivity (Wildman–Crippen MR) is 106 cm³/mol. The molecule has 4 heterocycles. The third-order valence-electron chi connectivity index (χ3n) is 5.37. The highest BCUT2D eigenvalue weighted by Crippen LogP contribution is 2.26. The summed E-state index contributed by atoms with van der Waals surface area (Å²) in [5.74, 6) is 0.495. The molecular formula is C19H25N5O4S. The average molecular weight is 420 g/mol. The van der Waals surface area contributed by atoms with Gasteiger partial charge in [-0.2, -0.15) is 4.31 Å². The summed E-state index contributed by atoms with van der Waals surface area (Å²) in [5, 5.41) is 2.96. The molecule has 1 atom stereocenters. The number of piperidine rings is 1. The summed E-state index contributed by atoms with van der Waals surface area (Å²) < 4.78 is 32.6. The first-order valence-corrected chi connectivity index (χ1v) is 11.3. The molecule has 156 valence electrons. The van der Waals surface area contributed by atoms with Crippen LogP contribution in [0.2, 0.25) is 0 Å². The highest BCUT2D eigenvalue weighted by atomic mass is 32.2. The number of amides is 1. The Balaban J connectivity index is 1.45. The summed E-state index contributed by atoms with van der Waals surface area (Å²) in [7, 11) is -3.63. The first kappa shape index (κ1) is 19.8. The van der Waals surface area contributed by atoms with Crippen LogP contribution in [0.25, 0.3) is 0 Å². The lowest BCUT2D eigenvalue weighted by atomic mass is 10.1. The van der Waals surface area contributed by atoms with E-state index in [-0.39, 0.29) is 22.5 Å². The third-order valence-corrected chi connectivity index (χ3v) is 7.38. The van der Waals surface area contributed by atoms with Gasteiger partial charge in [0, 0.05) is 50.7 Å². The van der Waals surface area contributed by atoms with E-state index >= 15 is 0 Å². The zero-order valence-electron chi connectivity index (χ0n) is 16.4. The van der Waals surface area contributed by atoms with E-state index < -0.39 is 15.9 Å². The Bertz CT molecular complexity index is 970. The molecular weight excluding hydrogens is 394 g/mol. The Morgan fingerprint density at radius 3 is 2.62 bits per heavy atom. The van der Waals surface area contributed by atoms with Gasteiger partial charge in [0.25, 0.3) is 5.91 Å². The molecule has 0 radical (unpaired) electrons. The molecule has 29 heavy (non-hydrogen) atoms. The van der Waals surface area contributed by atoms with Gasteiger partial charge in [0.05, 0.1) is 0 Å². The molecule has 0 bridgehead atoms. The molecule has 9 nitrogen and oxygen atoms in total. The number of carbonyl (C=O) groups is 1. The molecule has 2 saturated heterocycles. The number of furan rings is 1. The molecule has 2 fully saturated rings. The Hall–Kier alpha value is -2.46. The average Bonchev–Trinajstić information content (AvgIpc) is 3.39. The minimum atomic E-state index is -3.63. The largest absolute Gasteiger partial charge is 0.455 e. The van der Waals surface area contributed by atoms with Gasteiger partial charge in [-0.3, -0.25) is 4.79 Å². The van der Waals surface area contributed by atoms with E-state index in [1.54, 1.807) is 25.4 Å². The molecule has 2 aromatic rings. The van der Waals surface area contributed by atoms with E-state index in [1.807, 2.05) is 4.90 Å². The molecule has 0 spiro atoms. The number of hydrogen-bond acceptors (Lipinski definition) is 7. The van der Waals surface area contributed by atoms with Crippen LogP contribution in [0.3, 0.4) is 0 Å². The van der Waals surface area contributed by atoms with Crippen molar-refractivity contribution in [3.05, 3.63) is 36.0 Å². The highest BCUT2D eigenvalue weighted by molar-refractivity contribution is 7.89. The van der Waals surface area contributed by atoms with Gasteiger partial charge in [-0.25, -0.2) is 18.4 Å². The molecule has 2 aromatic heterocycles. The maximum absolute atomic E-state index is 12.8. The number of anilines is 1. The fraction of sp³-hybridized carbons (Fsp3) is 0.526. The van der Waals surface area contributed by atoms with Crippen LogP contribution in [0, 0.1) is 6.92 Å². The summed E-state index contributed by atoms with van der Waals surface area (Å²) in [6.07, 6.45) is 6.82. The molecule has 4 rings (SSSR count). The number of aryl methyl sites for hydroxylation is 1. The van der Waals surface area contributed by atoms with Crippen LogP contribution in [0.15, 0.2) is 33.8 Å². The second-order valence-electron chi connectivity index (χ2n) is 7.45. The van der Waals surface area contributed by atoms with Crippen molar-refractivity contribution in [2.45, 2.75) is 43.5 Å². The van der Waals surface area contributed by atoms with Gasteiger partial charge in [0.2, 0.25) is 16.0 Å². The summed E-state index contributed by atoms with van der Waals surface area (Å²) >= 11 is 0. The summed E-state index contributed by atoms with van der Waals surface area (Å²) in [6, 6.07) is 3.02. The monoisotopic (exact) mass is 419 g/mol. The first-order valence-electron chi connectivity index (χ1n) is 9.88. The van der Waals surface area contributed by atoms with Crippen LogP contribution in [0.4, 0.5) is 5.95 Å². The van der Waals surface area contributed by atoms with Gasteiger partial charge in [-0.05, 0) is 38.7 Å². The molecule has 0 aromatic carbocycles. The van der Waals surface area contributed by atoms with Gasteiger partial charge in [0.15, 0.2) is 5.76 Å².